The molecule has 3 rings (SSSR count). The Kier molecular flexibility index (Phi) is 9.10. The van der Waals surface area contributed by atoms with Crippen LogP contribution in [0, 0.1) is 19.8 Å². The number of hydrogen-bond donors (Lipinski definition) is 0. The molecule has 0 radical (unpaired) electrons. The SMILES string of the molecule is Cc1ccc(C)c(CCCc2ccsc2C(=O)CC(C)CC(=O)N(C)C2CCCCC2)c1. The van der Waals surface area contributed by atoms with Crippen LogP contribution in [0.25, 0.3) is 0 Å². The lowest BCUT2D eigenvalue weighted by molar-refractivity contribution is -0.133. The van der Waals surface area contributed by atoms with Crippen LogP contribution in [-0.4, -0.2) is 29.7 Å². The summed E-state index contributed by atoms with van der Waals surface area (Å²) < 4.78 is 0. The molecule has 1 aromatic carbocycles. The second kappa shape index (κ2) is 11.8. The van der Waals surface area contributed by atoms with E-state index >= 15 is 0 Å². The molecule has 1 amide bonds. The molecule has 1 unspecified atom stereocenters. The summed E-state index contributed by atoms with van der Waals surface area (Å²) in [6.45, 7) is 6.35. The number of hydrogen-bond acceptors (Lipinski definition) is 3. The van der Waals surface area contributed by atoms with Gasteiger partial charge in [0.25, 0.3) is 0 Å². The minimum Gasteiger partial charge on any atom is -0.343 e. The van der Waals surface area contributed by atoms with Crippen LogP contribution < -0.4 is 0 Å². The van der Waals surface area contributed by atoms with Gasteiger partial charge in [-0.2, -0.15) is 0 Å². The van der Waals surface area contributed by atoms with E-state index in [1.807, 2.05) is 24.3 Å². The van der Waals surface area contributed by atoms with Gasteiger partial charge in [0.15, 0.2) is 5.78 Å². The van der Waals surface area contributed by atoms with Crippen LogP contribution in [0.3, 0.4) is 0 Å². The normalized spacial score (nSPS) is 15.5. The standard InChI is InChI=1S/C28H39NO2S/c1-20-13-14-22(3)24(17-20)10-8-9-23-15-16-32-28(23)26(30)18-21(2)19-27(31)29(4)25-11-6-5-7-12-25/h13-17,21,25H,5-12,18-19H2,1-4H3. The van der Waals surface area contributed by atoms with Crippen LogP contribution in [0.1, 0.15) is 90.2 Å². The minimum atomic E-state index is 0.0749. The first-order valence-electron chi connectivity index (χ1n) is 12.3. The van der Waals surface area contributed by atoms with Crippen LogP contribution in [0.5, 0.6) is 0 Å². The monoisotopic (exact) mass is 453 g/mol. The quantitative estimate of drug-likeness (QED) is 0.366. The Bertz CT molecular complexity index is 910. The van der Waals surface area contributed by atoms with E-state index in [1.165, 1.54) is 41.5 Å². The smallest absolute Gasteiger partial charge is 0.222 e. The highest BCUT2D eigenvalue weighted by Gasteiger charge is 2.24. The predicted octanol–water partition coefficient (Wildman–Crippen LogP) is 6.93. The number of ketones is 1. The number of Topliss-reactive ketones (excluding diaryl/α,β-unsaturated/α-hetero) is 1. The fourth-order valence-electron chi connectivity index (χ4n) is 4.91. The lowest BCUT2D eigenvalue weighted by Crippen LogP contribution is -2.39. The molecule has 0 spiro atoms. The number of carbonyl (C=O) groups is 2. The van der Waals surface area contributed by atoms with Gasteiger partial charge in [-0.15, -0.1) is 11.3 Å². The molecule has 3 nitrogen and oxygen atoms in total. The minimum absolute atomic E-state index is 0.0749. The first-order chi connectivity index (χ1) is 15.3. The summed E-state index contributed by atoms with van der Waals surface area (Å²) in [5.41, 5.74) is 5.22. The molecule has 1 aliphatic rings. The molecule has 0 saturated heterocycles. The Morgan fingerprint density at radius 1 is 1.03 bits per heavy atom. The molecule has 4 heteroatoms. The molecule has 2 aromatic rings. The number of rotatable bonds is 10. The Balaban J connectivity index is 1.49. The highest BCUT2D eigenvalue weighted by Crippen LogP contribution is 2.26. The second-order valence-electron chi connectivity index (χ2n) is 9.79. The fraction of sp³-hybridized carbons (Fsp3) is 0.571. The molecule has 1 atom stereocenters. The molecule has 1 aliphatic carbocycles. The average Bonchev–Trinajstić information content (AvgIpc) is 3.24. The zero-order valence-electron chi connectivity index (χ0n) is 20.3. The molecule has 1 saturated carbocycles. The first kappa shape index (κ1) is 24.7. The Morgan fingerprint density at radius 3 is 2.50 bits per heavy atom. The highest BCUT2D eigenvalue weighted by molar-refractivity contribution is 7.12. The molecule has 0 bridgehead atoms. The molecule has 0 aliphatic heterocycles. The van der Waals surface area contributed by atoms with E-state index in [4.69, 9.17) is 0 Å². The second-order valence-corrected chi connectivity index (χ2v) is 10.7. The number of thiophene rings is 1. The number of amides is 1. The van der Waals surface area contributed by atoms with E-state index in [1.54, 1.807) is 11.3 Å². The van der Waals surface area contributed by atoms with Crippen LogP contribution in [0.2, 0.25) is 0 Å². The van der Waals surface area contributed by atoms with Crippen molar-refractivity contribution in [2.24, 2.45) is 5.92 Å². The van der Waals surface area contributed by atoms with Crippen molar-refractivity contribution in [2.75, 3.05) is 7.05 Å². The van der Waals surface area contributed by atoms with Gasteiger partial charge < -0.3 is 4.90 Å². The summed E-state index contributed by atoms with van der Waals surface area (Å²) in [5, 5.41) is 2.03. The summed E-state index contributed by atoms with van der Waals surface area (Å²) in [7, 11) is 1.94. The Hall–Kier alpha value is -1.94. The van der Waals surface area contributed by atoms with Crippen molar-refractivity contribution in [1.82, 2.24) is 4.90 Å². The fourth-order valence-corrected chi connectivity index (χ4v) is 5.82. The van der Waals surface area contributed by atoms with Crippen molar-refractivity contribution in [2.45, 2.75) is 91.0 Å². The van der Waals surface area contributed by atoms with Crippen LogP contribution >= 0.6 is 11.3 Å². The van der Waals surface area contributed by atoms with Crippen molar-refractivity contribution < 1.29 is 9.59 Å². The molecule has 1 heterocycles. The lowest BCUT2D eigenvalue weighted by Gasteiger charge is -2.32. The molecule has 32 heavy (non-hydrogen) atoms. The topological polar surface area (TPSA) is 37.4 Å². The van der Waals surface area contributed by atoms with Crippen LogP contribution in [0.4, 0.5) is 0 Å². The third kappa shape index (κ3) is 6.78. The number of aryl methyl sites for hydroxylation is 4. The van der Waals surface area contributed by atoms with Gasteiger partial charge >= 0.3 is 0 Å². The van der Waals surface area contributed by atoms with E-state index in [2.05, 4.69) is 38.1 Å². The summed E-state index contributed by atoms with van der Waals surface area (Å²) in [6.07, 6.45) is 9.90. The van der Waals surface area contributed by atoms with Crippen molar-refractivity contribution in [1.29, 1.82) is 0 Å². The average molecular weight is 454 g/mol. The lowest BCUT2D eigenvalue weighted by atomic mass is 9.93. The van der Waals surface area contributed by atoms with Crippen LogP contribution in [-0.2, 0) is 17.6 Å². The van der Waals surface area contributed by atoms with Crippen LogP contribution in [0.15, 0.2) is 29.6 Å². The maximum atomic E-state index is 13.0. The number of benzene rings is 1. The van der Waals surface area contributed by atoms with Gasteiger partial charge in [0.2, 0.25) is 5.91 Å². The maximum absolute atomic E-state index is 13.0. The first-order valence-corrected chi connectivity index (χ1v) is 13.1. The molecular formula is C28H39NO2S. The number of carbonyl (C=O) groups excluding carboxylic acids is 2. The van der Waals surface area contributed by atoms with E-state index in [0.717, 1.165) is 37.0 Å². The van der Waals surface area contributed by atoms with Crippen molar-refractivity contribution in [3.63, 3.8) is 0 Å². The van der Waals surface area contributed by atoms with Gasteiger partial charge in [0, 0.05) is 25.9 Å². The number of nitrogens with zero attached hydrogens (tertiary/aromatic N) is 1. The van der Waals surface area contributed by atoms with Gasteiger partial charge in [-0.25, -0.2) is 0 Å². The highest BCUT2D eigenvalue weighted by atomic mass is 32.1. The summed E-state index contributed by atoms with van der Waals surface area (Å²) in [5.74, 6) is 0.463. The third-order valence-corrected chi connectivity index (χ3v) is 7.97. The zero-order chi connectivity index (χ0) is 23.1. The van der Waals surface area contributed by atoms with E-state index in [9.17, 15) is 9.59 Å². The van der Waals surface area contributed by atoms with Crippen molar-refractivity contribution >= 4 is 23.0 Å². The van der Waals surface area contributed by atoms with Gasteiger partial charge in [-0.3, -0.25) is 9.59 Å². The summed E-state index contributed by atoms with van der Waals surface area (Å²) >= 11 is 1.55. The molecule has 1 aromatic heterocycles. The van der Waals surface area contributed by atoms with Gasteiger partial charge in [0.05, 0.1) is 4.88 Å². The third-order valence-electron chi connectivity index (χ3n) is 6.97. The molecule has 0 N–H and O–H groups in total. The predicted molar refractivity (Wildman–Crippen MR) is 135 cm³/mol. The summed E-state index contributed by atoms with van der Waals surface area (Å²) in [4.78, 5) is 28.6. The van der Waals surface area contributed by atoms with Gasteiger partial charge in [0.1, 0.15) is 0 Å². The van der Waals surface area contributed by atoms with E-state index in [-0.39, 0.29) is 17.6 Å². The summed E-state index contributed by atoms with van der Waals surface area (Å²) in [6, 6.07) is 9.12. The van der Waals surface area contributed by atoms with Gasteiger partial charge in [-0.1, -0.05) is 49.9 Å². The van der Waals surface area contributed by atoms with E-state index in [0.29, 0.717) is 18.9 Å². The van der Waals surface area contributed by atoms with Crippen molar-refractivity contribution in [3.05, 3.63) is 56.8 Å². The van der Waals surface area contributed by atoms with Gasteiger partial charge in [-0.05, 0) is 80.0 Å². The molecule has 1 fully saturated rings. The molecular weight excluding hydrogens is 414 g/mol. The van der Waals surface area contributed by atoms with E-state index < -0.39 is 0 Å². The largest absolute Gasteiger partial charge is 0.343 e. The molecule has 174 valence electrons. The Labute approximate surface area is 198 Å². The Morgan fingerprint density at radius 2 is 1.75 bits per heavy atom. The van der Waals surface area contributed by atoms with Crippen molar-refractivity contribution in [3.8, 4) is 0 Å². The maximum Gasteiger partial charge on any atom is 0.222 e. The zero-order valence-corrected chi connectivity index (χ0v) is 21.1.